The molecule has 8 heteroatoms. The van der Waals surface area contributed by atoms with Gasteiger partial charge in [-0.15, -0.1) is 0 Å². The molecule has 2 atom stereocenters. The zero-order valence-electron chi connectivity index (χ0n) is 18.6. The monoisotopic (exact) mass is 463 g/mol. The highest BCUT2D eigenvalue weighted by molar-refractivity contribution is 5.96. The van der Waals surface area contributed by atoms with E-state index in [4.69, 9.17) is 0 Å². The summed E-state index contributed by atoms with van der Waals surface area (Å²) < 4.78 is 30.8. The number of aromatic nitrogens is 1. The molecule has 0 saturated carbocycles. The average Bonchev–Trinajstić information content (AvgIpc) is 3.32. The van der Waals surface area contributed by atoms with Crippen molar-refractivity contribution in [2.75, 3.05) is 18.2 Å². The lowest BCUT2D eigenvalue weighted by molar-refractivity contribution is 0.0647. The number of hydrogen-bond donors (Lipinski definition) is 1. The zero-order valence-corrected chi connectivity index (χ0v) is 18.6. The second-order valence-corrected chi connectivity index (χ2v) is 9.25. The Hall–Kier alpha value is -3.68. The third kappa shape index (κ3) is 2.48. The zero-order chi connectivity index (χ0) is 23.8. The van der Waals surface area contributed by atoms with E-state index in [1.807, 2.05) is 36.2 Å². The Morgan fingerprint density at radius 1 is 1.06 bits per heavy atom. The maximum absolute atomic E-state index is 15.0. The molecular formula is C26H23F2N3O3. The van der Waals surface area contributed by atoms with E-state index in [1.165, 1.54) is 16.9 Å². The molecular weight excluding hydrogens is 440 g/mol. The largest absolute Gasteiger partial charge is 0.502 e. The Bertz CT molecular complexity index is 1420. The first-order chi connectivity index (χ1) is 16.4. The van der Waals surface area contributed by atoms with Gasteiger partial charge in [-0.25, -0.2) is 8.78 Å². The van der Waals surface area contributed by atoms with Gasteiger partial charge in [0.05, 0.1) is 0 Å². The number of carbonyl (C=O) groups is 1. The van der Waals surface area contributed by atoms with Crippen molar-refractivity contribution in [3.05, 3.63) is 98.5 Å². The van der Waals surface area contributed by atoms with Crippen molar-refractivity contribution in [1.82, 2.24) is 9.58 Å². The van der Waals surface area contributed by atoms with Crippen LogP contribution in [0.2, 0.25) is 0 Å². The first-order valence-electron chi connectivity index (χ1n) is 11.5. The summed E-state index contributed by atoms with van der Waals surface area (Å²) in [6.45, 7) is 2.54. The molecule has 6 rings (SSSR count). The second kappa shape index (κ2) is 7.16. The SMILES string of the molecule is CCCN1CN(C23c4ccccc4CC2Cc2c3ccc(F)c2F)n2ccc(=O)c(O)c2C1=O. The first kappa shape index (κ1) is 20.9. The molecule has 0 fully saturated rings. The van der Waals surface area contributed by atoms with Crippen LogP contribution in [0.1, 0.15) is 46.1 Å². The number of benzene rings is 2. The fourth-order valence-corrected chi connectivity index (χ4v) is 6.26. The first-order valence-corrected chi connectivity index (χ1v) is 11.5. The summed E-state index contributed by atoms with van der Waals surface area (Å²) in [5.74, 6) is -2.89. The normalized spacial score (nSPS) is 22.4. The molecule has 3 aromatic rings. The molecule has 2 heterocycles. The standard InChI is InChI=1S/C26H23F2N3O3/c1-2-10-29-14-31(30-11-9-21(32)24(33)23(30)25(29)34)26-16(12-15-5-3-4-6-18(15)26)13-17-19(26)7-8-20(27)22(17)28/h3-9,11,16,33H,2,10,12-14H2,1H3. The predicted octanol–water partition coefficient (Wildman–Crippen LogP) is 3.27. The van der Waals surface area contributed by atoms with Crippen LogP contribution < -0.4 is 10.4 Å². The molecule has 0 saturated heterocycles. The molecule has 3 aliphatic rings. The molecule has 1 aliphatic heterocycles. The van der Waals surface area contributed by atoms with Crippen LogP contribution in [0.25, 0.3) is 0 Å². The lowest BCUT2D eigenvalue weighted by Crippen LogP contribution is -2.63. The molecule has 1 N–H and O–H groups in total. The van der Waals surface area contributed by atoms with Crippen molar-refractivity contribution >= 4 is 5.91 Å². The number of fused-ring (bicyclic) bond motifs is 6. The van der Waals surface area contributed by atoms with Crippen molar-refractivity contribution in [1.29, 1.82) is 0 Å². The Morgan fingerprint density at radius 2 is 1.85 bits per heavy atom. The van der Waals surface area contributed by atoms with E-state index in [1.54, 1.807) is 11.0 Å². The van der Waals surface area contributed by atoms with Crippen LogP contribution in [0, 0.1) is 17.6 Å². The van der Waals surface area contributed by atoms with Crippen LogP contribution in [-0.4, -0.2) is 33.8 Å². The number of hydrogen-bond acceptors (Lipinski definition) is 4. The van der Waals surface area contributed by atoms with Gasteiger partial charge in [-0.3, -0.25) is 19.3 Å². The van der Waals surface area contributed by atoms with Crippen molar-refractivity contribution < 1.29 is 18.7 Å². The van der Waals surface area contributed by atoms with Crippen molar-refractivity contribution in [3.8, 4) is 5.75 Å². The van der Waals surface area contributed by atoms with Gasteiger partial charge >= 0.3 is 0 Å². The van der Waals surface area contributed by atoms with Gasteiger partial charge in [0.1, 0.15) is 12.2 Å². The van der Waals surface area contributed by atoms with Crippen LogP contribution in [-0.2, 0) is 18.4 Å². The summed E-state index contributed by atoms with van der Waals surface area (Å²) in [5, 5.41) is 12.6. The Balaban J connectivity index is 1.69. The number of aromatic hydroxyl groups is 1. The highest BCUT2D eigenvalue weighted by Gasteiger charge is 2.59. The van der Waals surface area contributed by atoms with Gasteiger partial charge in [-0.05, 0) is 47.6 Å². The van der Waals surface area contributed by atoms with E-state index in [0.29, 0.717) is 36.9 Å². The van der Waals surface area contributed by atoms with Gasteiger partial charge in [0.25, 0.3) is 5.91 Å². The van der Waals surface area contributed by atoms with Crippen molar-refractivity contribution in [3.63, 3.8) is 0 Å². The quantitative estimate of drug-likeness (QED) is 0.648. The van der Waals surface area contributed by atoms with E-state index in [2.05, 4.69) is 0 Å². The highest BCUT2D eigenvalue weighted by atomic mass is 19.2. The minimum atomic E-state index is -0.899. The van der Waals surface area contributed by atoms with E-state index in [0.717, 1.165) is 17.2 Å². The maximum atomic E-state index is 15.0. The number of rotatable bonds is 3. The van der Waals surface area contributed by atoms with E-state index >= 15 is 4.39 Å². The number of carbonyl (C=O) groups excluding carboxylic acids is 1. The molecule has 1 amide bonds. The van der Waals surface area contributed by atoms with Gasteiger partial charge in [-0.1, -0.05) is 37.3 Å². The van der Waals surface area contributed by atoms with Gasteiger partial charge in [0.2, 0.25) is 5.43 Å². The highest BCUT2D eigenvalue weighted by Crippen LogP contribution is 2.57. The minimum absolute atomic E-state index is 0.110. The topological polar surface area (TPSA) is 65.8 Å². The van der Waals surface area contributed by atoms with Gasteiger partial charge < -0.3 is 10.0 Å². The van der Waals surface area contributed by atoms with Crippen LogP contribution in [0.4, 0.5) is 8.78 Å². The molecule has 2 aromatic carbocycles. The van der Waals surface area contributed by atoms with Crippen molar-refractivity contribution in [2.24, 2.45) is 5.92 Å². The summed E-state index contributed by atoms with van der Waals surface area (Å²) in [7, 11) is 0. The Labute approximate surface area is 194 Å². The summed E-state index contributed by atoms with van der Waals surface area (Å²) >= 11 is 0. The van der Waals surface area contributed by atoms with E-state index in [9.17, 15) is 19.1 Å². The smallest absolute Gasteiger partial charge is 0.277 e. The number of pyridine rings is 1. The third-order valence-electron chi connectivity index (χ3n) is 7.55. The van der Waals surface area contributed by atoms with E-state index in [-0.39, 0.29) is 18.3 Å². The second-order valence-electron chi connectivity index (χ2n) is 9.25. The molecule has 2 aliphatic carbocycles. The third-order valence-corrected chi connectivity index (χ3v) is 7.55. The molecule has 6 nitrogen and oxygen atoms in total. The molecule has 0 bridgehead atoms. The van der Waals surface area contributed by atoms with Crippen LogP contribution in [0.5, 0.6) is 5.75 Å². The van der Waals surface area contributed by atoms with Crippen LogP contribution >= 0.6 is 0 Å². The van der Waals surface area contributed by atoms with Crippen LogP contribution in [0.3, 0.4) is 0 Å². The number of nitrogens with zero attached hydrogens (tertiary/aromatic N) is 3. The molecule has 2 unspecified atom stereocenters. The summed E-state index contributed by atoms with van der Waals surface area (Å²) in [5.41, 5.74) is 1.40. The molecule has 0 radical (unpaired) electrons. The summed E-state index contributed by atoms with van der Waals surface area (Å²) in [6, 6.07) is 11.9. The molecule has 1 aromatic heterocycles. The summed E-state index contributed by atoms with van der Waals surface area (Å²) in [4.78, 5) is 27.2. The fraction of sp³-hybridized carbons (Fsp3) is 0.308. The fourth-order valence-electron chi connectivity index (χ4n) is 6.26. The maximum Gasteiger partial charge on any atom is 0.277 e. The molecule has 34 heavy (non-hydrogen) atoms. The van der Waals surface area contributed by atoms with Gasteiger partial charge in [-0.2, -0.15) is 0 Å². The summed E-state index contributed by atoms with van der Waals surface area (Å²) in [6.07, 6.45) is 3.17. The Kier molecular flexibility index (Phi) is 4.40. The number of amides is 1. The molecule has 174 valence electrons. The lowest BCUT2D eigenvalue weighted by atomic mass is 9.81. The molecule has 0 spiro atoms. The average molecular weight is 463 g/mol. The Morgan fingerprint density at radius 3 is 2.65 bits per heavy atom. The lowest BCUT2D eigenvalue weighted by Gasteiger charge is -2.50. The predicted molar refractivity (Wildman–Crippen MR) is 121 cm³/mol. The van der Waals surface area contributed by atoms with Gasteiger partial charge in [0.15, 0.2) is 23.1 Å². The number of halogens is 2. The minimum Gasteiger partial charge on any atom is -0.502 e. The van der Waals surface area contributed by atoms with Crippen LogP contribution in [0.15, 0.2) is 53.5 Å². The van der Waals surface area contributed by atoms with Crippen molar-refractivity contribution in [2.45, 2.75) is 31.7 Å². The van der Waals surface area contributed by atoms with Gasteiger partial charge in [0, 0.05) is 24.7 Å². The van der Waals surface area contributed by atoms with E-state index < -0.39 is 34.3 Å².